The topological polar surface area (TPSA) is 98.3 Å². The van der Waals surface area contributed by atoms with E-state index in [1.54, 1.807) is 30.4 Å². The van der Waals surface area contributed by atoms with Crippen molar-refractivity contribution in [1.82, 2.24) is 19.8 Å². The number of piperidine rings is 1. The number of halogens is 2. The molecule has 0 bridgehead atoms. The van der Waals surface area contributed by atoms with Gasteiger partial charge >= 0.3 is 0 Å². The standard InChI is InChI=1S/C35H44ClFN8O3/c1-5-35(46)41-28-19-29(32(47-4)20-31(28)44-11-8-25(9-12-44)43-15-13-42(14-16-43)23(2)3)40-33-21-34(39-22-38-33)45-30(10-17-48-45)24-6-7-26(36)27(37)18-24/h5-7,18-23,25,30H,1,8-17H2,2-4H3,(H,41,46)(H,38,39,40). The second-order valence-electron chi connectivity index (χ2n) is 12.7. The Hall–Kier alpha value is -3.97. The molecule has 4 heterocycles. The van der Waals surface area contributed by atoms with E-state index in [1.807, 2.05) is 12.1 Å². The van der Waals surface area contributed by atoms with E-state index in [-0.39, 0.29) is 17.0 Å². The van der Waals surface area contributed by atoms with Crippen molar-refractivity contribution < 1.29 is 18.8 Å². The SMILES string of the molecule is C=CC(=O)Nc1cc(Nc2cc(N3OCCC3c3ccc(Cl)c(F)c3)ncn2)c(OC)cc1N1CCC(N2CCN(C(C)C)CC2)CC1. The predicted molar refractivity (Wildman–Crippen MR) is 188 cm³/mol. The van der Waals surface area contributed by atoms with Gasteiger partial charge in [-0.05, 0) is 56.5 Å². The zero-order chi connectivity index (χ0) is 33.8. The highest BCUT2D eigenvalue weighted by molar-refractivity contribution is 6.30. The number of benzene rings is 2. The van der Waals surface area contributed by atoms with Crippen LogP contribution in [0.1, 0.15) is 44.7 Å². The van der Waals surface area contributed by atoms with E-state index in [0.717, 1.165) is 63.4 Å². The fourth-order valence-corrected chi connectivity index (χ4v) is 6.98. The Kier molecular flexibility index (Phi) is 10.6. The molecule has 2 N–H and O–H groups in total. The minimum absolute atomic E-state index is 0.0709. The normalized spacial score (nSPS) is 19.5. The van der Waals surface area contributed by atoms with Crippen molar-refractivity contribution in [1.29, 1.82) is 0 Å². The summed E-state index contributed by atoms with van der Waals surface area (Å²) < 4.78 is 20.1. The molecule has 3 aliphatic heterocycles. The number of rotatable bonds is 10. The Morgan fingerprint density at radius 1 is 1.06 bits per heavy atom. The number of nitrogens with zero attached hydrogens (tertiary/aromatic N) is 6. The third-order valence-electron chi connectivity index (χ3n) is 9.54. The quantitative estimate of drug-likeness (QED) is 0.248. The second-order valence-corrected chi connectivity index (χ2v) is 13.1. The van der Waals surface area contributed by atoms with Gasteiger partial charge in [-0.3, -0.25) is 19.4 Å². The molecule has 3 aliphatic rings. The molecule has 1 amide bonds. The maximum Gasteiger partial charge on any atom is 0.247 e. The summed E-state index contributed by atoms with van der Waals surface area (Å²) in [5.41, 5.74) is 2.89. The van der Waals surface area contributed by atoms with Crippen molar-refractivity contribution in [3.8, 4) is 5.75 Å². The predicted octanol–water partition coefficient (Wildman–Crippen LogP) is 6.02. The molecule has 3 fully saturated rings. The summed E-state index contributed by atoms with van der Waals surface area (Å²) in [5.74, 6) is 0.813. The third-order valence-corrected chi connectivity index (χ3v) is 9.84. The van der Waals surface area contributed by atoms with Gasteiger partial charge in [0.25, 0.3) is 0 Å². The largest absolute Gasteiger partial charge is 0.494 e. The maximum atomic E-state index is 14.3. The molecule has 0 radical (unpaired) electrons. The number of nitrogens with one attached hydrogen (secondary N) is 2. The van der Waals surface area contributed by atoms with Crippen molar-refractivity contribution in [3.63, 3.8) is 0 Å². The zero-order valence-corrected chi connectivity index (χ0v) is 28.5. The number of carbonyl (C=O) groups is 1. The van der Waals surface area contributed by atoms with Crippen molar-refractivity contribution in [2.75, 3.05) is 73.6 Å². The number of methoxy groups -OCH3 is 1. The van der Waals surface area contributed by atoms with E-state index in [1.165, 1.54) is 18.5 Å². The summed E-state index contributed by atoms with van der Waals surface area (Å²) >= 11 is 5.92. The minimum Gasteiger partial charge on any atom is -0.494 e. The zero-order valence-electron chi connectivity index (χ0n) is 27.8. The Morgan fingerprint density at radius 3 is 2.52 bits per heavy atom. The van der Waals surface area contributed by atoms with Crippen molar-refractivity contribution >= 4 is 46.2 Å². The van der Waals surface area contributed by atoms with Gasteiger partial charge in [-0.25, -0.2) is 19.4 Å². The van der Waals surface area contributed by atoms with Gasteiger partial charge in [-0.1, -0.05) is 24.2 Å². The number of ether oxygens (including phenoxy) is 1. The summed E-state index contributed by atoms with van der Waals surface area (Å²) in [4.78, 5) is 34.9. The molecule has 6 rings (SSSR count). The van der Waals surface area contributed by atoms with E-state index in [4.69, 9.17) is 21.2 Å². The van der Waals surface area contributed by atoms with Crippen molar-refractivity contribution in [2.45, 2.75) is 51.2 Å². The molecule has 2 aromatic carbocycles. The van der Waals surface area contributed by atoms with E-state index in [9.17, 15) is 9.18 Å². The summed E-state index contributed by atoms with van der Waals surface area (Å²) in [5, 5.41) is 8.08. The number of carbonyl (C=O) groups excluding carboxylic acids is 1. The number of piperazine rings is 1. The Labute approximate surface area is 286 Å². The van der Waals surface area contributed by atoms with E-state index >= 15 is 0 Å². The lowest BCUT2D eigenvalue weighted by Crippen LogP contribution is -2.54. The Balaban J connectivity index is 1.20. The van der Waals surface area contributed by atoms with Crippen LogP contribution in [0.5, 0.6) is 5.75 Å². The molecule has 13 heteroatoms. The number of hydroxylamine groups is 1. The minimum atomic E-state index is -0.481. The molecule has 1 aromatic heterocycles. The number of aromatic nitrogens is 2. The third kappa shape index (κ3) is 7.52. The molecule has 3 aromatic rings. The van der Waals surface area contributed by atoms with E-state index < -0.39 is 5.82 Å². The molecule has 3 saturated heterocycles. The maximum absolute atomic E-state index is 14.3. The van der Waals surface area contributed by atoms with Gasteiger partial charge in [-0.2, -0.15) is 0 Å². The number of hydrogen-bond donors (Lipinski definition) is 2. The van der Waals surface area contributed by atoms with Crippen molar-refractivity contribution in [3.05, 3.63) is 71.8 Å². The molecule has 0 aliphatic carbocycles. The highest BCUT2D eigenvalue weighted by atomic mass is 35.5. The summed E-state index contributed by atoms with van der Waals surface area (Å²) in [6, 6.07) is 11.2. The number of anilines is 5. The fraction of sp³-hybridized carbons (Fsp3) is 0.457. The Morgan fingerprint density at radius 2 is 1.83 bits per heavy atom. The molecule has 48 heavy (non-hydrogen) atoms. The van der Waals surface area contributed by atoms with Gasteiger partial charge in [0.1, 0.15) is 23.7 Å². The molecule has 1 unspecified atom stereocenters. The number of amides is 1. The van der Waals surface area contributed by atoms with Crippen LogP contribution < -0.4 is 25.3 Å². The Bertz CT molecular complexity index is 1610. The van der Waals surface area contributed by atoms with Crippen LogP contribution in [0, 0.1) is 5.82 Å². The van der Waals surface area contributed by atoms with Crippen LogP contribution in [0.2, 0.25) is 5.02 Å². The monoisotopic (exact) mass is 678 g/mol. The lowest BCUT2D eigenvalue weighted by Gasteiger charge is -2.44. The van der Waals surface area contributed by atoms with Gasteiger partial charge < -0.3 is 20.3 Å². The van der Waals surface area contributed by atoms with E-state index in [0.29, 0.717) is 53.9 Å². The average molecular weight is 679 g/mol. The lowest BCUT2D eigenvalue weighted by molar-refractivity contribution is -0.111. The molecule has 256 valence electrons. The van der Waals surface area contributed by atoms with Crippen LogP contribution in [-0.4, -0.2) is 90.7 Å². The van der Waals surface area contributed by atoms with E-state index in [2.05, 4.69) is 55.7 Å². The van der Waals surface area contributed by atoms with Crippen LogP contribution >= 0.6 is 11.6 Å². The number of hydrogen-bond acceptors (Lipinski definition) is 10. The first-order valence-corrected chi connectivity index (χ1v) is 17.0. The van der Waals surface area contributed by atoms with Gasteiger partial charge in [0.15, 0.2) is 5.82 Å². The van der Waals surface area contributed by atoms with Crippen molar-refractivity contribution in [2.24, 2.45) is 0 Å². The first kappa shape index (κ1) is 33.9. The summed E-state index contributed by atoms with van der Waals surface area (Å²) in [7, 11) is 1.62. The molecule has 1 atom stereocenters. The molecular formula is C35H44ClFN8O3. The fourth-order valence-electron chi connectivity index (χ4n) is 6.86. The van der Waals surface area contributed by atoms with Gasteiger partial charge in [0, 0.05) is 69.9 Å². The van der Waals surface area contributed by atoms with Crippen LogP contribution in [0.25, 0.3) is 0 Å². The molecular weight excluding hydrogens is 635 g/mol. The molecule has 0 spiro atoms. The first-order chi connectivity index (χ1) is 23.2. The smallest absolute Gasteiger partial charge is 0.247 e. The second kappa shape index (κ2) is 15.1. The molecule has 11 nitrogen and oxygen atoms in total. The highest BCUT2D eigenvalue weighted by Gasteiger charge is 2.31. The first-order valence-electron chi connectivity index (χ1n) is 16.6. The van der Waals surface area contributed by atoms with Crippen LogP contribution in [0.4, 0.5) is 33.1 Å². The van der Waals surface area contributed by atoms with Crippen LogP contribution in [0.3, 0.4) is 0 Å². The van der Waals surface area contributed by atoms with Crippen LogP contribution in [0.15, 0.2) is 55.4 Å². The summed E-state index contributed by atoms with van der Waals surface area (Å²) in [6.07, 6.45) is 5.45. The highest BCUT2D eigenvalue weighted by Crippen LogP contribution is 2.41. The van der Waals surface area contributed by atoms with Crippen LogP contribution in [-0.2, 0) is 9.63 Å². The van der Waals surface area contributed by atoms with Gasteiger partial charge in [-0.15, -0.1) is 0 Å². The lowest BCUT2D eigenvalue weighted by atomic mass is 10.0. The average Bonchev–Trinajstić information content (AvgIpc) is 3.60. The molecule has 0 saturated carbocycles. The van der Waals surface area contributed by atoms with Gasteiger partial charge in [0.2, 0.25) is 5.91 Å². The summed E-state index contributed by atoms with van der Waals surface area (Å²) in [6.45, 7) is 14.8. The van der Waals surface area contributed by atoms with Gasteiger partial charge in [0.05, 0.1) is 41.8 Å².